The van der Waals surface area contributed by atoms with Crippen LogP contribution in [0.3, 0.4) is 0 Å². The van der Waals surface area contributed by atoms with E-state index in [2.05, 4.69) is 0 Å². The molecule has 0 aromatic rings. The molecule has 1 unspecified atom stereocenters. The maximum absolute atomic E-state index is 12.7. The first-order valence-corrected chi connectivity index (χ1v) is 6.38. The van der Waals surface area contributed by atoms with E-state index in [-0.39, 0.29) is 6.54 Å². The predicted molar refractivity (Wildman–Crippen MR) is 59.3 cm³/mol. The van der Waals surface area contributed by atoms with Gasteiger partial charge in [-0.1, -0.05) is 12.8 Å². The van der Waals surface area contributed by atoms with Crippen molar-refractivity contribution in [2.45, 2.75) is 50.2 Å². The topological polar surface area (TPSA) is 57.6 Å². The molecule has 1 aliphatic carbocycles. The number of aliphatic carboxylic acids is 1. The summed E-state index contributed by atoms with van der Waals surface area (Å²) in [6, 6.07) is 0. The monoisotopic (exact) mass is 279 g/mol. The van der Waals surface area contributed by atoms with Crippen molar-refractivity contribution < 1.29 is 27.9 Å². The van der Waals surface area contributed by atoms with Crippen LogP contribution < -0.4 is 0 Å². The number of alkyl halides is 3. The van der Waals surface area contributed by atoms with Gasteiger partial charge in [-0.15, -0.1) is 0 Å². The Kier molecular flexibility index (Phi) is 3.49. The zero-order chi connectivity index (χ0) is 14.3. The Morgan fingerprint density at radius 1 is 1.16 bits per heavy atom. The molecule has 2 fully saturated rings. The predicted octanol–water partition coefficient (Wildman–Crippen LogP) is 2.18. The molecule has 1 saturated carbocycles. The molecular weight excluding hydrogens is 263 g/mol. The van der Waals surface area contributed by atoms with Gasteiger partial charge in [0.05, 0.1) is 5.92 Å². The van der Waals surface area contributed by atoms with Crippen LogP contribution in [0.5, 0.6) is 0 Å². The molecule has 1 N–H and O–H groups in total. The van der Waals surface area contributed by atoms with Crippen molar-refractivity contribution in [3.63, 3.8) is 0 Å². The number of carbonyl (C=O) groups excluding carboxylic acids is 1. The minimum Gasteiger partial charge on any atom is -0.481 e. The summed E-state index contributed by atoms with van der Waals surface area (Å²) < 4.78 is 38.0. The first-order chi connectivity index (χ1) is 8.76. The zero-order valence-corrected chi connectivity index (χ0v) is 10.4. The van der Waals surface area contributed by atoms with Gasteiger partial charge in [0.15, 0.2) is 0 Å². The fourth-order valence-corrected chi connectivity index (χ4v) is 3.29. The van der Waals surface area contributed by atoms with Crippen LogP contribution in [0.15, 0.2) is 0 Å². The van der Waals surface area contributed by atoms with E-state index in [0.29, 0.717) is 25.7 Å². The number of hydrogen-bond acceptors (Lipinski definition) is 2. The quantitative estimate of drug-likeness (QED) is 0.800. The van der Waals surface area contributed by atoms with Gasteiger partial charge in [0.25, 0.3) is 0 Å². The smallest absolute Gasteiger partial charge is 0.471 e. The largest absolute Gasteiger partial charge is 0.481 e. The van der Waals surface area contributed by atoms with Gasteiger partial charge in [0.2, 0.25) is 0 Å². The van der Waals surface area contributed by atoms with E-state index < -0.39 is 29.5 Å². The molecule has 0 bridgehead atoms. The second-order valence-corrected chi connectivity index (χ2v) is 5.42. The zero-order valence-electron chi connectivity index (χ0n) is 10.4. The Hall–Kier alpha value is -1.27. The summed E-state index contributed by atoms with van der Waals surface area (Å²) in [6.07, 6.45) is -1.57. The number of piperidine rings is 1. The van der Waals surface area contributed by atoms with E-state index in [1.807, 2.05) is 0 Å². The molecule has 0 aromatic heterocycles. The Morgan fingerprint density at radius 3 is 2.21 bits per heavy atom. The van der Waals surface area contributed by atoms with Crippen molar-refractivity contribution in [1.29, 1.82) is 0 Å². The van der Waals surface area contributed by atoms with Gasteiger partial charge < -0.3 is 10.0 Å². The average Bonchev–Trinajstić information content (AvgIpc) is 2.76. The van der Waals surface area contributed by atoms with E-state index in [4.69, 9.17) is 5.11 Å². The number of nitrogens with zero attached hydrogens (tertiary/aromatic N) is 1. The normalized spacial score (nSPS) is 26.7. The second kappa shape index (κ2) is 4.68. The summed E-state index contributed by atoms with van der Waals surface area (Å²) in [5.41, 5.74) is -0.765. The fourth-order valence-electron chi connectivity index (χ4n) is 3.29. The lowest BCUT2D eigenvalue weighted by atomic mass is 9.80. The lowest BCUT2D eigenvalue weighted by Crippen LogP contribution is -2.59. The molecule has 108 valence electrons. The number of carbonyl (C=O) groups is 2. The van der Waals surface area contributed by atoms with Crippen LogP contribution in [0.4, 0.5) is 13.2 Å². The first kappa shape index (κ1) is 14.1. The molecule has 1 heterocycles. The summed E-state index contributed by atoms with van der Waals surface area (Å²) in [4.78, 5) is 23.3. The summed E-state index contributed by atoms with van der Waals surface area (Å²) in [7, 11) is 0. The summed E-state index contributed by atoms with van der Waals surface area (Å²) in [5, 5.41) is 8.95. The van der Waals surface area contributed by atoms with Crippen LogP contribution in [-0.4, -0.2) is 40.1 Å². The van der Waals surface area contributed by atoms with Crippen molar-refractivity contribution >= 4 is 11.9 Å². The molecular formula is C12H16F3NO3. The molecule has 1 amide bonds. The van der Waals surface area contributed by atoms with E-state index in [1.165, 1.54) is 0 Å². The second-order valence-electron chi connectivity index (χ2n) is 5.42. The Morgan fingerprint density at radius 2 is 1.74 bits per heavy atom. The third-order valence-corrected chi connectivity index (χ3v) is 4.30. The Bertz CT molecular complexity index is 388. The van der Waals surface area contributed by atoms with Crippen LogP contribution in [0.2, 0.25) is 0 Å². The van der Waals surface area contributed by atoms with E-state index in [0.717, 1.165) is 17.7 Å². The number of likely N-dealkylation sites (tertiary alicyclic amines) is 1. The number of halogens is 3. The van der Waals surface area contributed by atoms with Gasteiger partial charge >= 0.3 is 18.1 Å². The molecule has 0 aromatic carbocycles. The molecule has 1 saturated heterocycles. The van der Waals surface area contributed by atoms with E-state index in [1.54, 1.807) is 0 Å². The summed E-state index contributed by atoms with van der Waals surface area (Å²) in [5.74, 6) is -3.91. The van der Waals surface area contributed by atoms with Crippen LogP contribution >= 0.6 is 0 Å². The van der Waals surface area contributed by atoms with Crippen molar-refractivity contribution in [2.24, 2.45) is 5.92 Å². The molecule has 4 nitrogen and oxygen atoms in total. The average molecular weight is 279 g/mol. The molecule has 1 aliphatic heterocycles. The number of carboxylic acid groups (broad SMARTS) is 1. The Balaban J connectivity index is 2.26. The molecule has 0 radical (unpaired) electrons. The molecule has 1 spiro atoms. The van der Waals surface area contributed by atoms with Gasteiger partial charge in [0.1, 0.15) is 0 Å². The highest BCUT2D eigenvalue weighted by molar-refractivity contribution is 5.83. The van der Waals surface area contributed by atoms with Gasteiger partial charge in [-0.2, -0.15) is 13.2 Å². The van der Waals surface area contributed by atoms with Crippen LogP contribution in [0.1, 0.15) is 38.5 Å². The van der Waals surface area contributed by atoms with Gasteiger partial charge in [-0.05, 0) is 25.7 Å². The van der Waals surface area contributed by atoms with Crippen molar-refractivity contribution in [3.05, 3.63) is 0 Å². The molecule has 2 aliphatic rings. The lowest BCUT2D eigenvalue weighted by Gasteiger charge is -2.47. The summed E-state index contributed by atoms with van der Waals surface area (Å²) in [6.45, 7) is -0.326. The van der Waals surface area contributed by atoms with Gasteiger partial charge in [-0.25, -0.2) is 0 Å². The highest BCUT2D eigenvalue weighted by Gasteiger charge is 2.53. The van der Waals surface area contributed by atoms with Gasteiger partial charge in [0, 0.05) is 12.1 Å². The number of rotatable bonds is 1. The third-order valence-electron chi connectivity index (χ3n) is 4.30. The van der Waals surface area contributed by atoms with Crippen molar-refractivity contribution in [1.82, 2.24) is 4.90 Å². The van der Waals surface area contributed by atoms with Crippen LogP contribution in [0, 0.1) is 5.92 Å². The Labute approximate surface area is 108 Å². The SMILES string of the molecule is O=C(O)C1CCC2(CCCC2)N(C(=O)C(F)(F)F)C1. The van der Waals surface area contributed by atoms with E-state index >= 15 is 0 Å². The number of amides is 1. The third kappa shape index (κ3) is 2.55. The number of hydrogen-bond donors (Lipinski definition) is 1. The maximum atomic E-state index is 12.7. The molecule has 2 rings (SSSR count). The summed E-state index contributed by atoms with van der Waals surface area (Å²) >= 11 is 0. The molecule has 19 heavy (non-hydrogen) atoms. The lowest BCUT2D eigenvalue weighted by molar-refractivity contribution is -0.196. The minimum absolute atomic E-state index is 0.326. The first-order valence-electron chi connectivity index (χ1n) is 6.38. The minimum atomic E-state index is -4.93. The standard InChI is InChI=1S/C12H16F3NO3/c13-12(14,15)10(19)16-7-8(9(17)18)3-6-11(16)4-1-2-5-11/h8H,1-7H2,(H,17,18). The van der Waals surface area contributed by atoms with E-state index in [9.17, 15) is 22.8 Å². The van der Waals surface area contributed by atoms with Crippen LogP contribution in [-0.2, 0) is 9.59 Å². The van der Waals surface area contributed by atoms with Crippen LogP contribution in [0.25, 0.3) is 0 Å². The van der Waals surface area contributed by atoms with Crippen molar-refractivity contribution in [3.8, 4) is 0 Å². The highest BCUT2D eigenvalue weighted by atomic mass is 19.4. The molecule has 1 atom stereocenters. The fraction of sp³-hybridized carbons (Fsp3) is 0.833. The number of carboxylic acids is 1. The highest BCUT2D eigenvalue weighted by Crippen LogP contribution is 2.44. The van der Waals surface area contributed by atoms with Crippen molar-refractivity contribution in [2.75, 3.05) is 6.54 Å². The molecule has 7 heteroatoms. The maximum Gasteiger partial charge on any atom is 0.471 e. The van der Waals surface area contributed by atoms with Gasteiger partial charge in [-0.3, -0.25) is 9.59 Å².